The van der Waals surface area contributed by atoms with Crippen LogP contribution in [0.3, 0.4) is 0 Å². The number of likely N-dealkylation sites (tertiary alicyclic amines) is 1. The van der Waals surface area contributed by atoms with Crippen LogP contribution < -0.4 is 0 Å². The van der Waals surface area contributed by atoms with Crippen molar-refractivity contribution >= 4 is 23.2 Å². The fourth-order valence-electron chi connectivity index (χ4n) is 2.31. The predicted molar refractivity (Wildman–Crippen MR) is 72.2 cm³/mol. The molecule has 0 spiro atoms. The highest BCUT2D eigenvalue weighted by Gasteiger charge is 2.31. The monoisotopic (exact) mass is 282 g/mol. The Morgan fingerprint density at radius 3 is 2.95 bits per heavy atom. The zero-order chi connectivity index (χ0) is 13.8. The number of hydrogen-bond acceptors (Lipinski definition) is 4. The molecule has 1 N–H and O–H groups in total. The van der Waals surface area contributed by atoms with Crippen LogP contribution in [0.15, 0.2) is 5.38 Å². The van der Waals surface area contributed by atoms with E-state index < -0.39 is 12.0 Å². The molecule has 0 aliphatic carbocycles. The number of carbonyl (C=O) groups is 2. The molecule has 1 saturated heterocycles. The van der Waals surface area contributed by atoms with E-state index in [2.05, 4.69) is 4.98 Å². The Morgan fingerprint density at radius 1 is 1.53 bits per heavy atom. The van der Waals surface area contributed by atoms with Crippen LogP contribution in [-0.2, 0) is 22.4 Å². The fourth-order valence-corrected chi connectivity index (χ4v) is 3.18. The molecule has 0 saturated carbocycles. The van der Waals surface area contributed by atoms with Crippen LogP contribution in [0.4, 0.5) is 0 Å². The van der Waals surface area contributed by atoms with Crippen molar-refractivity contribution in [3.05, 3.63) is 16.1 Å². The summed E-state index contributed by atoms with van der Waals surface area (Å²) < 4.78 is 0. The van der Waals surface area contributed by atoms with Crippen LogP contribution in [0.2, 0.25) is 0 Å². The molecule has 6 heteroatoms. The molecule has 1 unspecified atom stereocenters. The van der Waals surface area contributed by atoms with Gasteiger partial charge < -0.3 is 10.0 Å². The number of carbonyl (C=O) groups excluding carboxylic acids is 1. The Hall–Kier alpha value is -1.43. The van der Waals surface area contributed by atoms with Crippen molar-refractivity contribution in [2.24, 2.45) is 0 Å². The maximum Gasteiger partial charge on any atom is 0.326 e. The number of rotatable bonds is 4. The van der Waals surface area contributed by atoms with Crippen LogP contribution in [0.1, 0.15) is 36.9 Å². The Morgan fingerprint density at radius 2 is 2.32 bits per heavy atom. The number of carboxylic acid groups (broad SMARTS) is 1. The molecule has 0 aromatic carbocycles. The molecule has 1 aromatic rings. The van der Waals surface area contributed by atoms with Crippen molar-refractivity contribution in [2.45, 2.75) is 45.1 Å². The Balaban J connectivity index is 2.03. The van der Waals surface area contributed by atoms with Gasteiger partial charge in [-0.3, -0.25) is 4.79 Å². The Kier molecular flexibility index (Phi) is 4.52. The molecule has 5 nitrogen and oxygen atoms in total. The lowest BCUT2D eigenvalue weighted by molar-refractivity contribution is -0.151. The van der Waals surface area contributed by atoms with E-state index in [0.717, 1.165) is 30.0 Å². The summed E-state index contributed by atoms with van der Waals surface area (Å²) in [4.78, 5) is 29.2. The lowest BCUT2D eigenvalue weighted by Gasteiger charge is -2.32. The molecule has 1 amide bonds. The van der Waals surface area contributed by atoms with Gasteiger partial charge in [-0.15, -0.1) is 11.3 Å². The van der Waals surface area contributed by atoms with Crippen molar-refractivity contribution in [3.8, 4) is 0 Å². The van der Waals surface area contributed by atoms with Crippen molar-refractivity contribution < 1.29 is 14.7 Å². The number of carboxylic acids is 1. The average Bonchev–Trinajstić information content (AvgIpc) is 2.86. The zero-order valence-electron chi connectivity index (χ0n) is 11.0. The van der Waals surface area contributed by atoms with E-state index >= 15 is 0 Å². The van der Waals surface area contributed by atoms with Gasteiger partial charge in [-0.2, -0.15) is 0 Å². The second-order valence-corrected chi connectivity index (χ2v) is 5.64. The number of aliphatic carboxylic acids is 1. The van der Waals surface area contributed by atoms with Gasteiger partial charge in [0.15, 0.2) is 0 Å². The zero-order valence-corrected chi connectivity index (χ0v) is 11.8. The Bertz CT molecular complexity index is 472. The smallest absolute Gasteiger partial charge is 0.326 e. The van der Waals surface area contributed by atoms with Crippen molar-refractivity contribution in [3.63, 3.8) is 0 Å². The van der Waals surface area contributed by atoms with Gasteiger partial charge in [0.25, 0.3) is 0 Å². The third-order valence-electron chi connectivity index (χ3n) is 3.37. The first kappa shape index (κ1) is 14.0. The summed E-state index contributed by atoms with van der Waals surface area (Å²) in [6, 6.07) is -0.660. The van der Waals surface area contributed by atoms with Crippen molar-refractivity contribution in [2.75, 3.05) is 6.54 Å². The van der Waals surface area contributed by atoms with E-state index in [9.17, 15) is 9.59 Å². The fraction of sp³-hybridized carbons (Fsp3) is 0.615. The lowest BCUT2D eigenvalue weighted by Crippen LogP contribution is -2.48. The molecule has 1 aromatic heterocycles. The van der Waals surface area contributed by atoms with E-state index in [4.69, 9.17) is 5.11 Å². The summed E-state index contributed by atoms with van der Waals surface area (Å²) in [6.07, 6.45) is 3.38. The molecule has 2 heterocycles. The molecule has 0 bridgehead atoms. The highest BCUT2D eigenvalue weighted by atomic mass is 32.1. The highest BCUT2D eigenvalue weighted by molar-refractivity contribution is 7.09. The second kappa shape index (κ2) is 6.14. The number of amides is 1. The number of hydrogen-bond donors (Lipinski definition) is 1. The molecule has 1 aliphatic heterocycles. The topological polar surface area (TPSA) is 70.5 Å². The number of piperidine rings is 1. The molecule has 19 heavy (non-hydrogen) atoms. The molecular formula is C13H18N2O3S. The number of nitrogens with zero attached hydrogens (tertiary/aromatic N) is 2. The van der Waals surface area contributed by atoms with Crippen molar-refractivity contribution in [1.82, 2.24) is 9.88 Å². The first-order valence-electron chi connectivity index (χ1n) is 6.57. The van der Waals surface area contributed by atoms with Crippen LogP contribution in [0, 0.1) is 0 Å². The standard InChI is InChI=1S/C13H18N2O3S/c1-2-9-8-19-11(14-9)7-12(16)15-6-4-3-5-10(15)13(17)18/h8,10H,2-7H2,1H3,(H,17,18). The van der Waals surface area contributed by atoms with Crippen LogP contribution in [0.5, 0.6) is 0 Å². The number of aryl methyl sites for hydroxylation is 1. The van der Waals surface area contributed by atoms with Gasteiger partial charge in [-0.25, -0.2) is 9.78 Å². The van der Waals surface area contributed by atoms with Crippen LogP contribution >= 0.6 is 11.3 Å². The van der Waals surface area contributed by atoms with Crippen LogP contribution in [0.25, 0.3) is 0 Å². The highest BCUT2D eigenvalue weighted by Crippen LogP contribution is 2.19. The van der Waals surface area contributed by atoms with Gasteiger partial charge in [-0.05, 0) is 25.7 Å². The SMILES string of the molecule is CCc1csc(CC(=O)N2CCCCC2C(=O)O)n1. The van der Waals surface area contributed by atoms with Crippen LogP contribution in [-0.4, -0.2) is 39.5 Å². The molecule has 0 radical (unpaired) electrons. The van der Waals surface area contributed by atoms with Gasteiger partial charge in [0.2, 0.25) is 5.91 Å². The van der Waals surface area contributed by atoms with E-state index in [1.807, 2.05) is 12.3 Å². The van der Waals surface area contributed by atoms with E-state index in [0.29, 0.717) is 13.0 Å². The maximum absolute atomic E-state index is 12.2. The minimum absolute atomic E-state index is 0.121. The van der Waals surface area contributed by atoms with Gasteiger partial charge >= 0.3 is 5.97 Å². The maximum atomic E-state index is 12.2. The minimum Gasteiger partial charge on any atom is -0.480 e. The quantitative estimate of drug-likeness (QED) is 0.912. The average molecular weight is 282 g/mol. The largest absolute Gasteiger partial charge is 0.480 e. The number of thiazole rings is 1. The molecular weight excluding hydrogens is 264 g/mol. The summed E-state index contributed by atoms with van der Waals surface area (Å²) in [5, 5.41) is 11.9. The molecule has 104 valence electrons. The van der Waals surface area contributed by atoms with Gasteiger partial charge in [0, 0.05) is 11.9 Å². The molecule has 1 aliphatic rings. The van der Waals surface area contributed by atoms with Gasteiger partial charge in [-0.1, -0.05) is 6.92 Å². The summed E-state index contributed by atoms with van der Waals surface area (Å²) in [5.74, 6) is -1.02. The summed E-state index contributed by atoms with van der Waals surface area (Å²) >= 11 is 1.47. The lowest BCUT2D eigenvalue weighted by atomic mass is 10.0. The molecule has 1 fully saturated rings. The normalized spacial score (nSPS) is 19.4. The predicted octanol–water partition coefficient (Wildman–Crippen LogP) is 1.71. The second-order valence-electron chi connectivity index (χ2n) is 4.70. The van der Waals surface area contributed by atoms with E-state index in [1.165, 1.54) is 16.2 Å². The molecule has 1 atom stereocenters. The summed E-state index contributed by atoms with van der Waals surface area (Å²) in [6.45, 7) is 2.56. The third kappa shape index (κ3) is 3.32. The van der Waals surface area contributed by atoms with Crippen molar-refractivity contribution in [1.29, 1.82) is 0 Å². The molecule has 2 rings (SSSR count). The summed E-state index contributed by atoms with van der Waals surface area (Å²) in [7, 11) is 0. The van der Waals surface area contributed by atoms with Gasteiger partial charge in [0.05, 0.1) is 12.1 Å². The van der Waals surface area contributed by atoms with E-state index in [-0.39, 0.29) is 12.3 Å². The number of aromatic nitrogens is 1. The summed E-state index contributed by atoms with van der Waals surface area (Å²) in [5.41, 5.74) is 0.987. The van der Waals surface area contributed by atoms with Gasteiger partial charge in [0.1, 0.15) is 11.0 Å². The first-order chi connectivity index (χ1) is 9.11. The minimum atomic E-state index is -0.901. The Labute approximate surface area is 116 Å². The third-order valence-corrected chi connectivity index (χ3v) is 4.27. The van der Waals surface area contributed by atoms with E-state index in [1.54, 1.807) is 0 Å². The first-order valence-corrected chi connectivity index (χ1v) is 7.45.